The summed E-state index contributed by atoms with van der Waals surface area (Å²) in [6.45, 7) is 4.29. The van der Waals surface area contributed by atoms with E-state index in [1.165, 1.54) is 6.07 Å². The van der Waals surface area contributed by atoms with Gasteiger partial charge in [-0.3, -0.25) is 5.84 Å². The average molecular weight is 264 g/mol. The highest BCUT2D eigenvalue weighted by molar-refractivity contribution is 5.78. The highest BCUT2D eigenvalue weighted by Crippen LogP contribution is 2.31. The van der Waals surface area contributed by atoms with Crippen LogP contribution in [-0.2, 0) is 0 Å². The molecule has 2 aromatic rings. The van der Waals surface area contributed by atoms with Crippen LogP contribution in [0, 0.1) is 11.7 Å². The van der Waals surface area contributed by atoms with Crippen molar-refractivity contribution in [2.24, 2.45) is 11.8 Å². The molecule has 4 heteroatoms. The monoisotopic (exact) mass is 264 g/mol. The first-order valence-electron chi connectivity index (χ1n) is 6.81. The van der Waals surface area contributed by atoms with Gasteiger partial charge in [-0.25, -0.2) is 9.82 Å². The fourth-order valence-electron chi connectivity index (χ4n) is 2.42. The third-order valence-corrected chi connectivity index (χ3v) is 3.58. The number of furan rings is 1. The summed E-state index contributed by atoms with van der Waals surface area (Å²) in [5.41, 5.74) is 3.10. The summed E-state index contributed by atoms with van der Waals surface area (Å²) >= 11 is 0. The molecule has 0 aliphatic carbocycles. The van der Waals surface area contributed by atoms with Gasteiger partial charge in [0.1, 0.15) is 5.76 Å². The Kier molecular flexibility index (Phi) is 4.56. The van der Waals surface area contributed by atoms with Gasteiger partial charge in [0.15, 0.2) is 11.4 Å². The van der Waals surface area contributed by atoms with Gasteiger partial charge in [-0.05, 0) is 24.5 Å². The zero-order valence-electron chi connectivity index (χ0n) is 11.4. The van der Waals surface area contributed by atoms with E-state index in [4.69, 9.17) is 10.3 Å². The summed E-state index contributed by atoms with van der Waals surface area (Å²) in [6.07, 6.45) is 3.36. The van der Waals surface area contributed by atoms with Crippen molar-refractivity contribution < 1.29 is 8.81 Å². The second-order valence-corrected chi connectivity index (χ2v) is 5.07. The van der Waals surface area contributed by atoms with E-state index in [9.17, 15) is 4.39 Å². The summed E-state index contributed by atoms with van der Waals surface area (Å²) in [6, 6.07) is 6.71. The van der Waals surface area contributed by atoms with E-state index in [0.29, 0.717) is 17.3 Å². The molecular weight excluding hydrogens is 243 g/mol. The van der Waals surface area contributed by atoms with Crippen LogP contribution in [0.15, 0.2) is 28.7 Å². The predicted octanol–water partition coefficient (Wildman–Crippen LogP) is 3.90. The number of halogens is 1. The number of rotatable bonds is 6. The lowest BCUT2D eigenvalue weighted by molar-refractivity contribution is 0.315. The van der Waals surface area contributed by atoms with Gasteiger partial charge in [0.25, 0.3) is 0 Å². The maximum atomic E-state index is 13.6. The molecule has 2 atom stereocenters. The van der Waals surface area contributed by atoms with E-state index in [2.05, 4.69) is 19.3 Å². The molecular formula is C15H21FN2O. The van der Waals surface area contributed by atoms with Crippen LogP contribution in [0.3, 0.4) is 0 Å². The van der Waals surface area contributed by atoms with Gasteiger partial charge in [-0.2, -0.15) is 0 Å². The van der Waals surface area contributed by atoms with Gasteiger partial charge in [-0.1, -0.05) is 38.8 Å². The van der Waals surface area contributed by atoms with Gasteiger partial charge >= 0.3 is 0 Å². The summed E-state index contributed by atoms with van der Waals surface area (Å²) in [5.74, 6) is 6.34. The van der Waals surface area contributed by atoms with Crippen LogP contribution in [-0.4, -0.2) is 0 Å². The van der Waals surface area contributed by atoms with E-state index in [-0.39, 0.29) is 11.9 Å². The molecule has 0 bridgehead atoms. The van der Waals surface area contributed by atoms with E-state index >= 15 is 0 Å². The molecule has 3 nitrogen and oxygen atoms in total. The Morgan fingerprint density at radius 2 is 2.21 bits per heavy atom. The van der Waals surface area contributed by atoms with Crippen LogP contribution < -0.4 is 11.3 Å². The van der Waals surface area contributed by atoms with E-state index in [1.807, 2.05) is 12.1 Å². The lowest BCUT2D eigenvalue weighted by Gasteiger charge is -2.20. The Bertz CT molecular complexity index is 538. The number of unbranched alkanes of at least 4 members (excludes halogenated alkanes) is 1. The summed E-state index contributed by atoms with van der Waals surface area (Å²) in [7, 11) is 0. The third kappa shape index (κ3) is 2.96. The number of fused-ring (bicyclic) bond motifs is 1. The van der Waals surface area contributed by atoms with Crippen molar-refractivity contribution in [1.82, 2.24) is 5.43 Å². The van der Waals surface area contributed by atoms with Crippen molar-refractivity contribution in [2.75, 3.05) is 0 Å². The molecule has 2 unspecified atom stereocenters. The van der Waals surface area contributed by atoms with E-state index in [1.54, 1.807) is 6.07 Å². The van der Waals surface area contributed by atoms with E-state index < -0.39 is 0 Å². The van der Waals surface area contributed by atoms with Crippen LogP contribution >= 0.6 is 0 Å². The van der Waals surface area contributed by atoms with Gasteiger partial charge < -0.3 is 4.42 Å². The number of nitrogens with two attached hydrogens (primary N) is 1. The summed E-state index contributed by atoms with van der Waals surface area (Å²) < 4.78 is 19.3. The molecule has 0 aliphatic heterocycles. The number of para-hydroxylation sites is 1. The van der Waals surface area contributed by atoms with Gasteiger partial charge in [0, 0.05) is 5.39 Å². The van der Waals surface area contributed by atoms with Gasteiger partial charge in [0.05, 0.1) is 6.04 Å². The smallest absolute Gasteiger partial charge is 0.169 e. The highest BCUT2D eigenvalue weighted by atomic mass is 19.1. The Balaban J connectivity index is 2.27. The second kappa shape index (κ2) is 6.17. The topological polar surface area (TPSA) is 51.2 Å². The molecule has 0 radical (unpaired) electrons. The number of hydrogen-bond acceptors (Lipinski definition) is 3. The number of nitrogens with one attached hydrogen (secondary N) is 1. The minimum absolute atomic E-state index is 0.0849. The Morgan fingerprint density at radius 3 is 2.84 bits per heavy atom. The first kappa shape index (κ1) is 14.0. The number of benzene rings is 1. The molecule has 2 rings (SSSR count). The van der Waals surface area contributed by atoms with Crippen molar-refractivity contribution >= 4 is 11.0 Å². The summed E-state index contributed by atoms with van der Waals surface area (Å²) in [4.78, 5) is 0. The molecule has 104 valence electrons. The van der Waals surface area contributed by atoms with Crippen molar-refractivity contribution in [3.63, 3.8) is 0 Å². The van der Waals surface area contributed by atoms with E-state index in [0.717, 1.165) is 24.6 Å². The largest absolute Gasteiger partial charge is 0.456 e. The van der Waals surface area contributed by atoms with Crippen LogP contribution in [0.1, 0.15) is 44.9 Å². The molecule has 3 N–H and O–H groups in total. The van der Waals surface area contributed by atoms with Crippen LogP contribution in [0.25, 0.3) is 11.0 Å². The Morgan fingerprint density at radius 1 is 1.42 bits per heavy atom. The average Bonchev–Trinajstić information content (AvgIpc) is 2.82. The van der Waals surface area contributed by atoms with Crippen molar-refractivity contribution in [3.05, 3.63) is 35.8 Å². The first-order valence-corrected chi connectivity index (χ1v) is 6.81. The lowest BCUT2D eigenvalue weighted by atomic mass is 9.94. The minimum Gasteiger partial charge on any atom is -0.456 e. The van der Waals surface area contributed by atoms with Crippen LogP contribution in [0.2, 0.25) is 0 Å². The zero-order chi connectivity index (χ0) is 13.8. The molecule has 0 spiro atoms. The fourth-order valence-corrected chi connectivity index (χ4v) is 2.42. The summed E-state index contributed by atoms with van der Waals surface area (Å²) in [5, 5.41) is 0.776. The van der Waals surface area contributed by atoms with Gasteiger partial charge in [-0.15, -0.1) is 0 Å². The molecule has 19 heavy (non-hydrogen) atoms. The molecule has 1 aromatic heterocycles. The van der Waals surface area contributed by atoms with Gasteiger partial charge in [0.2, 0.25) is 0 Å². The predicted molar refractivity (Wildman–Crippen MR) is 74.9 cm³/mol. The second-order valence-electron chi connectivity index (χ2n) is 5.07. The van der Waals surface area contributed by atoms with Crippen molar-refractivity contribution in [2.45, 2.75) is 39.2 Å². The zero-order valence-corrected chi connectivity index (χ0v) is 11.4. The fraction of sp³-hybridized carbons (Fsp3) is 0.467. The first-order chi connectivity index (χ1) is 9.17. The molecule has 0 fully saturated rings. The Labute approximate surface area is 112 Å². The quantitative estimate of drug-likeness (QED) is 0.614. The normalized spacial score (nSPS) is 14.7. The highest BCUT2D eigenvalue weighted by Gasteiger charge is 2.22. The standard InChI is InChI=1S/C15H21FN2O/c1-3-4-6-10(2)14(18-17)13-9-11-7-5-8-12(16)15(11)19-13/h5,7-10,14,18H,3-4,6,17H2,1-2H3. The Hall–Kier alpha value is -1.39. The molecule has 0 saturated heterocycles. The maximum Gasteiger partial charge on any atom is 0.169 e. The van der Waals surface area contributed by atoms with Crippen LogP contribution in [0.4, 0.5) is 4.39 Å². The lowest BCUT2D eigenvalue weighted by Crippen LogP contribution is -2.32. The maximum absolute atomic E-state index is 13.6. The number of hydrogen-bond donors (Lipinski definition) is 2. The molecule has 0 amide bonds. The minimum atomic E-state index is -0.333. The van der Waals surface area contributed by atoms with Crippen LogP contribution in [0.5, 0.6) is 0 Å². The molecule has 1 heterocycles. The molecule has 0 saturated carbocycles. The third-order valence-electron chi connectivity index (χ3n) is 3.58. The van der Waals surface area contributed by atoms with Crippen molar-refractivity contribution in [1.29, 1.82) is 0 Å². The van der Waals surface area contributed by atoms with Crippen molar-refractivity contribution in [3.8, 4) is 0 Å². The SMILES string of the molecule is CCCCC(C)C(NN)c1cc2cccc(F)c2o1. The number of hydrazine groups is 1. The molecule has 1 aromatic carbocycles. The molecule has 0 aliphatic rings.